The number of halogens is 1. The van der Waals surface area contributed by atoms with Crippen LogP contribution < -0.4 is 0 Å². The van der Waals surface area contributed by atoms with Crippen LogP contribution in [0, 0.1) is 0 Å². The Hall–Kier alpha value is -1.30. The third kappa shape index (κ3) is 2.75. The molecule has 100 valence electrons. The van der Waals surface area contributed by atoms with Crippen LogP contribution in [0.1, 0.15) is 31.6 Å². The molecule has 7 heteroatoms. The van der Waals surface area contributed by atoms with Gasteiger partial charge in [-0.3, -0.25) is 0 Å². The molecular formula is C11H17ClN4O2. The maximum atomic E-state index is 11.6. The van der Waals surface area contributed by atoms with Crippen molar-refractivity contribution < 1.29 is 9.53 Å². The van der Waals surface area contributed by atoms with Gasteiger partial charge in [0.15, 0.2) is 0 Å². The van der Waals surface area contributed by atoms with Gasteiger partial charge in [0.25, 0.3) is 0 Å². The zero-order valence-electron chi connectivity index (χ0n) is 10.4. The molecule has 1 amide bonds. The van der Waals surface area contributed by atoms with Crippen LogP contribution in [0.15, 0.2) is 6.33 Å². The number of amides is 1. The molecule has 0 spiro atoms. The minimum atomic E-state index is -0.225. The van der Waals surface area contributed by atoms with Crippen LogP contribution in [-0.2, 0) is 10.6 Å². The van der Waals surface area contributed by atoms with E-state index in [0.717, 1.165) is 18.7 Å². The first-order chi connectivity index (χ1) is 8.76. The Morgan fingerprint density at radius 3 is 2.89 bits per heavy atom. The minimum Gasteiger partial charge on any atom is -0.450 e. The van der Waals surface area contributed by atoms with Crippen molar-refractivity contribution in [1.82, 2.24) is 19.7 Å². The summed E-state index contributed by atoms with van der Waals surface area (Å²) in [6, 6.07) is 0.319. The minimum absolute atomic E-state index is 0.225. The van der Waals surface area contributed by atoms with Crippen LogP contribution in [0.3, 0.4) is 0 Å². The molecule has 6 nitrogen and oxygen atoms in total. The van der Waals surface area contributed by atoms with Crippen molar-refractivity contribution in [3.63, 3.8) is 0 Å². The van der Waals surface area contributed by atoms with Gasteiger partial charge in [0.05, 0.1) is 12.5 Å². The van der Waals surface area contributed by atoms with Gasteiger partial charge < -0.3 is 14.2 Å². The number of carbonyl (C=O) groups is 1. The molecule has 18 heavy (non-hydrogen) atoms. The molecule has 0 aromatic carbocycles. The van der Waals surface area contributed by atoms with E-state index in [1.165, 1.54) is 0 Å². The van der Waals surface area contributed by atoms with Gasteiger partial charge in [0.2, 0.25) is 0 Å². The van der Waals surface area contributed by atoms with Gasteiger partial charge in [-0.25, -0.2) is 4.79 Å². The predicted molar refractivity (Wildman–Crippen MR) is 66.4 cm³/mol. The fourth-order valence-electron chi connectivity index (χ4n) is 2.21. The summed E-state index contributed by atoms with van der Waals surface area (Å²) in [6.07, 6.45) is 3.24. The lowest BCUT2D eigenvalue weighted by molar-refractivity contribution is 0.0925. The van der Waals surface area contributed by atoms with E-state index in [4.69, 9.17) is 16.3 Å². The van der Waals surface area contributed by atoms with E-state index in [1.807, 2.05) is 11.5 Å². The van der Waals surface area contributed by atoms with Gasteiger partial charge in [-0.2, -0.15) is 0 Å². The normalized spacial score (nSPS) is 16.9. The summed E-state index contributed by atoms with van der Waals surface area (Å²) < 4.78 is 7.00. The largest absolute Gasteiger partial charge is 0.450 e. The first-order valence-corrected chi connectivity index (χ1v) is 6.65. The summed E-state index contributed by atoms with van der Waals surface area (Å²) in [4.78, 5) is 13.3. The Labute approximate surface area is 111 Å². The molecule has 2 heterocycles. The zero-order valence-corrected chi connectivity index (χ0v) is 11.1. The fraction of sp³-hybridized carbons (Fsp3) is 0.727. The molecule has 1 aromatic rings. The zero-order chi connectivity index (χ0) is 13.0. The molecule has 0 bridgehead atoms. The monoisotopic (exact) mass is 272 g/mol. The van der Waals surface area contributed by atoms with Crippen molar-refractivity contribution in [2.45, 2.75) is 31.7 Å². The van der Waals surface area contributed by atoms with Crippen molar-refractivity contribution in [3.8, 4) is 0 Å². The molecule has 1 aromatic heterocycles. The number of likely N-dealkylation sites (tertiary alicyclic amines) is 1. The Morgan fingerprint density at radius 1 is 1.56 bits per heavy atom. The second-order valence-electron chi connectivity index (χ2n) is 4.21. The summed E-state index contributed by atoms with van der Waals surface area (Å²) in [7, 11) is 0. The fourth-order valence-corrected chi connectivity index (χ4v) is 2.40. The predicted octanol–water partition coefficient (Wildman–Crippen LogP) is 1.81. The highest BCUT2D eigenvalue weighted by Gasteiger charge is 2.25. The summed E-state index contributed by atoms with van der Waals surface area (Å²) in [5, 5.41) is 7.84. The average Bonchev–Trinajstić information content (AvgIpc) is 2.87. The second kappa shape index (κ2) is 6.04. The number of carbonyl (C=O) groups excluding carboxylic acids is 1. The molecular weight excluding hydrogens is 256 g/mol. The van der Waals surface area contributed by atoms with Gasteiger partial charge in [-0.1, -0.05) is 0 Å². The van der Waals surface area contributed by atoms with Crippen molar-refractivity contribution in [2.24, 2.45) is 0 Å². The molecule has 0 saturated carbocycles. The van der Waals surface area contributed by atoms with E-state index >= 15 is 0 Å². The maximum Gasteiger partial charge on any atom is 0.409 e. The number of hydrogen-bond acceptors (Lipinski definition) is 4. The maximum absolute atomic E-state index is 11.6. The lowest BCUT2D eigenvalue weighted by Crippen LogP contribution is -2.39. The Morgan fingerprint density at radius 2 is 2.28 bits per heavy atom. The van der Waals surface area contributed by atoms with Crippen LogP contribution in [0.2, 0.25) is 0 Å². The standard InChI is InChI=1S/C11H17ClN4O2/c1-2-18-11(17)15-5-3-9(4-6-15)16-8-13-14-10(16)7-12/h8-9H,2-7H2,1H3. The third-order valence-electron chi connectivity index (χ3n) is 3.15. The highest BCUT2D eigenvalue weighted by Crippen LogP contribution is 2.24. The molecule has 0 atom stereocenters. The first-order valence-electron chi connectivity index (χ1n) is 6.12. The topological polar surface area (TPSA) is 60.2 Å². The van der Waals surface area contributed by atoms with Crippen LogP contribution in [0.4, 0.5) is 4.79 Å². The number of nitrogens with zero attached hydrogens (tertiary/aromatic N) is 4. The summed E-state index contributed by atoms with van der Waals surface area (Å²) in [5.74, 6) is 1.14. The number of aromatic nitrogens is 3. The number of piperidine rings is 1. The number of hydrogen-bond donors (Lipinski definition) is 0. The van der Waals surface area contributed by atoms with E-state index in [2.05, 4.69) is 10.2 Å². The van der Waals surface area contributed by atoms with E-state index < -0.39 is 0 Å². The smallest absolute Gasteiger partial charge is 0.409 e. The Balaban J connectivity index is 1.92. The molecule has 2 rings (SSSR count). The van der Waals surface area contributed by atoms with Crippen molar-refractivity contribution >= 4 is 17.7 Å². The van der Waals surface area contributed by atoms with Crippen molar-refractivity contribution in [1.29, 1.82) is 0 Å². The Kier molecular flexibility index (Phi) is 4.41. The average molecular weight is 273 g/mol. The summed E-state index contributed by atoms with van der Waals surface area (Å²) in [6.45, 7) is 3.63. The summed E-state index contributed by atoms with van der Waals surface area (Å²) in [5.41, 5.74) is 0. The number of alkyl halides is 1. The van der Waals surface area contributed by atoms with E-state index in [1.54, 1.807) is 11.2 Å². The van der Waals surface area contributed by atoms with Crippen LogP contribution in [0.5, 0.6) is 0 Å². The lowest BCUT2D eigenvalue weighted by atomic mass is 10.1. The van der Waals surface area contributed by atoms with Crippen molar-refractivity contribution in [2.75, 3.05) is 19.7 Å². The van der Waals surface area contributed by atoms with E-state index in [-0.39, 0.29) is 6.09 Å². The molecule has 0 radical (unpaired) electrons. The van der Waals surface area contributed by atoms with Crippen LogP contribution >= 0.6 is 11.6 Å². The van der Waals surface area contributed by atoms with Gasteiger partial charge in [-0.05, 0) is 19.8 Å². The molecule has 0 N–H and O–H groups in total. The Bertz CT molecular complexity index is 402. The highest BCUT2D eigenvalue weighted by atomic mass is 35.5. The van der Waals surface area contributed by atoms with Gasteiger partial charge in [0, 0.05) is 19.1 Å². The van der Waals surface area contributed by atoms with Gasteiger partial charge >= 0.3 is 6.09 Å². The highest BCUT2D eigenvalue weighted by molar-refractivity contribution is 6.16. The lowest BCUT2D eigenvalue weighted by Gasteiger charge is -2.32. The summed E-state index contributed by atoms with van der Waals surface area (Å²) >= 11 is 5.81. The van der Waals surface area contributed by atoms with Crippen molar-refractivity contribution in [3.05, 3.63) is 12.2 Å². The van der Waals surface area contributed by atoms with Crippen LogP contribution in [0.25, 0.3) is 0 Å². The molecule has 0 aliphatic carbocycles. The van der Waals surface area contributed by atoms with Gasteiger partial charge in [0.1, 0.15) is 12.2 Å². The van der Waals surface area contributed by atoms with E-state index in [9.17, 15) is 4.79 Å². The molecule has 1 fully saturated rings. The second-order valence-corrected chi connectivity index (χ2v) is 4.47. The molecule has 0 unspecified atom stereocenters. The first kappa shape index (κ1) is 13.1. The SMILES string of the molecule is CCOC(=O)N1CCC(n2cnnc2CCl)CC1. The molecule has 1 aliphatic heterocycles. The molecule has 1 saturated heterocycles. The quantitative estimate of drug-likeness (QED) is 0.788. The van der Waals surface area contributed by atoms with Gasteiger partial charge in [-0.15, -0.1) is 21.8 Å². The molecule has 1 aliphatic rings. The van der Waals surface area contributed by atoms with E-state index in [0.29, 0.717) is 31.6 Å². The number of rotatable bonds is 3. The van der Waals surface area contributed by atoms with Crippen LogP contribution in [-0.4, -0.2) is 45.5 Å². The third-order valence-corrected chi connectivity index (χ3v) is 3.39. The number of ether oxygens (including phenoxy) is 1.